The fraction of sp³-hybridized carbons (Fsp3) is 0.200. The Labute approximate surface area is 75.8 Å². The summed E-state index contributed by atoms with van der Waals surface area (Å²) in [5.74, 6) is -1.37. The summed E-state index contributed by atoms with van der Waals surface area (Å²) < 4.78 is 0. The van der Waals surface area contributed by atoms with Crippen LogP contribution in [0.3, 0.4) is 0 Å². The van der Waals surface area contributed by atoms with Gasteiger partial charge in [0.2, 0.25) is 11.8 Å². The molecule has 66 valence electrons. The van der Waals surface area contributed by atoms with Crippen LogP contribution in [-0.2, 0) is 9.59 Å². The van der Waals surface area contributed by atoms with Crippen LogP contribution in [0.4, 0.5) is 0 Å². The van der Waals surface area contributed by atoms with E-state index in [-0.39, 0.29) is 11.8 Å². The standard InChI is InChI=1S/C10H9NO2/c1-5-3-4-6(2)8-7(5)9(12)11-10(8)13/h3-4,7-8H,1-2H2,(H,11,12,13). The van der Waals surface area contributed by atoms with Crippen molar-refractivity contribution in [3.8, 4) is 0 Å². The Hall–Kier alpha value is -1.64. The summed E-state index contributed by atoms with van der Waals surface area (Å²) in [5, 5.41) is 2.28. The number of fused-ring (bicyclic) bond motifs is 1. The monoisotopic (exact) mass is 175 g/mol. The van der Waals surface area contributed by atoms with Crippen molar-refractivity contribution >= 4 is 11.8 Å². The zero-order chi connectivity index (χ0) is 9.59. The number of carbonyl (C=O) groups is 2. The van der Waals surface area contributed by atoms with E-state index in [2.05, 4.69) is 18.5 Å². The van der Waals surface area contributed by atoms with Crippen LogP contribution < -0.4 is 5.32 Å². The minimum Gasteiger partial charge on any atom is -0.295 e. The van der Waals surface area contributed by atoms with Crippen LogP contribution in [0, 0.1) is 11.8 Å². The molecule has 1 heterocycles. The Morgan fingerprint density at radius 2 is 1.38 bits per heavy atom. The van der Waals surface area contributed by atoms with Gasteiger partial charge in [0.25, 0.3) is 0 Å². The van der Waals surface area contributed by atoms with Crippen LogP contribution in [0.15, 0.2) is 36.5 Å². The number of allylic oxidation sites excluding steroid dienone is 2. The number of amides is 2. The van der Waals surface area contributed by atoms with Crippen molar-refractivity contribution in [2.75, 3.05) is 0 Å². The van der Waals surface area contributed by atoms with Gasteiger partial charge in [-0.05, 0) is 11.1 Å². The van der Waals surface area contributed by atoms with Gasteiger partial charge in [0.05, 0.1) is 11.8 Å². The molecule has 2 amide bonds. The summed E-state index contributed by atoms with van der Waals surface area (Å²) in [5.41, 5.74) is 1.36. The quantitative estimate of drug-likeness (QED) is 0.547. The molecule has 1 aliphatic carbocycles. The Bertz CT molecular complexity index is 331. The summed E-state index contributed by atoms with van der Waals surface area (Å²) in [7, 11) is 0. The molecule has 1 N–H and O–H groups in total. The third kappa shape index (κ3) is 0.967. The number of nitrogens with one attached hydrogen (secondary N) is 1. The van der Waals surface area contributed by atoms with E-state index in [0.717, 1.165) is 0 Å². The summed E-state index contributed by atoms with van der Waals surface area (Å²) in [6, 6.07) is 0. The molecule has 1 fully saturated rings. The van der Waals surface area contributed by atoms with Gasteiger partial charge in [0.15, 0.2) is 0 Å². The minimum absolute atomic E-state index is 0.259. The van der Waals surface area contributed by atoms with E-state index in [0.29, 0.717) is 11.1 Å². The highest BCUT2D eigenvalue weighted by atomic mass is 16.2. The normalized spacial score (nSPS) is 32.0. The van der Waals surface area contributed by atoms with Crippen LogP contribution in [0.2, 0.25) is 0 Å². The lowest BCUT2D eigenvalue weighted by Crippen LogP contribution is -2.22. The van der Waals surface area contributed by atoms with Crippen LogP contribution in [0.1, 0.15) is 0 Å². The van der Waals surface area contributed by atoms with Gasteiger partial charge < -0.3 is 0 Å². The Balaban J connectivity index is 2.49. The topological polar surface area (TPSA) is 46.2 Å². The summed E-state index contributed by atoms with van der Waals surface area (Å²) in [4.78, 5) is 22.6. The summed E-state index contributed by atoms with van der Waals surface area (Å²) in [6.07, 6.45) is 3.48. The number of hydrogen-bond acceptors (Lipinski definition) is 2. The van der Waals surface area contributed by atoms with Gasteiger partial charge in [0, 0.05) is 0 Å². The van der Waals surface area contributed by atoms with Crippen molar-refractivity contribution in [2.45, 2.75) is 0 Å². The molecule has 0 radical (unpaired) electrons. The lowest BCUT2D eigenvalue weighted by molar-refractivity contribution is -0.125. The smallest absolute Gasteiger partial charge is 0.235 e. The van der Waals surface area contributed by atoms with Gasteiger partial charge in [-0.25, -0.2) is 0 Å². The first-order valence-electron chi connectivity index (χ1n) is 4.01. The average molecular weight is 175 g/mol. The molecule has 13 heavy (non-hydrogen) atoms. The highest BCUT2D eigenvalue weighted by Crippen LogP contribution is 2.35. The molecule has 0 aromatic heterocycles. The molecule has 3 nitrogen and oxygen atoms in total. The molecule has 0 spiro atoms. The fourth-order valence-corrected chi connectivity index (χ4v) is 1.77. The molecule has 0 aromatic rings. The van der Waals surface area contributed by atoms with Gasteiger partial charge in [0.1, 0.15) is 0 Å². The van der Waals surface area contributed by atoms with Crippen molar-refractivity contribution in [3.05, 3.63) is 36.5 Å². The Kier molecular flexibility index (Phi) is 1.49. The second kappa shape index (κ2) is 2.42. The number of carbonyl (C=O) groups excluding carboxylic acids is 2. The molecule has 1 saturated heterocycles. The molecule has 1 aliphatic heterocycles. The van der Waals surface area contributed by atoms with E-state index in [1.165, 1.54) is 0 Å². The number of rotatable bonds is 0. The van der Waals surface area contributed by atoms with Crippen LogP contribution >= 0.6 is 0 Å². The van der Waals surface area contributed by atoms with E-state index >= 15 is 0 Å². The number of imide groups is 1. The molecular formula is C10H9NO2. The lowest BCUT2D eigenvalue weighted by atomic mass is 9.79. The molecule has 2 unspecified atom stereocenters. The summed E-state index contributed by atoms with van der Waals surface area (Å²) in [6.45, 7) is 7.47. The van der Waals surface area contributed by atoms with Gasteiger partial charge in [-0.2, -0.15) is 0 Å². The first kappa shape index (κ1) is 7.98. The predicted octanol–water partition coefficient (Wildman–Crippen LogP) is 0.557. The maximum atomic E-state index is 11.3. The predicted molar refractivity (Wildman–Crippen MR) is 47.5 cm³/mol. The van der Waals surface area contributed by atoms with E-state index in [1.807, 2.05) is 0 Å². The molecule has 2 aliphatic rings. The third-order valence-corrected chi connectivity index (χ3v) is 2.46. The Morgan fingerprint density at radius 3 is 1.77 bits per heavy atom. The molecule has 2 atom stereocenters. The first-order chi connectivity index (χ1) is 6.11. The van der Waals surface area contributed by atoms with Crippen molar-refractivity contribution in [3.63, 3.8) is 0 Å². The van der Waals surface area contributed by atoms with Gasteiger partial charge in [-0.15, -0.1) is 0 Å². The van der Waals surface area contributed by atoms with Gasteiger partial charge in [-0.1, -0.05) is 25.3 Å². The molecule has 0 aromatic carbocycles. The highest BCUT2D eigenvalue weighted by Gasteiger charge is 2.44. The van der Waals surface area contributed by atoms with E-state index < -0.39 is 11.8 Å². The number of hydrogen-bond donors (Lipinski definition) is 1. The molecule has 2 rings (SSSR count). The van der Waals surface area contributed by atoms with Crippen LogP contribution in [-0.4, -0.2) is 11.8 Å². The fourth-order valence-electron chi connectivity index (χ4n) is 1.77. The maximum absolute atomic E-state index is 11.3. The second-order valence-electron chi connectivity index (χ2n) is 3.29. The molecule has 0 bridgehead atoms. The molecular weight excluding hydrogens is 166 g/mol. The lowest BCUT2D eigenvalue weighted by Gasteiger charge is -2.20. The molecule has 3 heteroatoms. The van der Waals surface area contributed by atoms with Crippen LogP contribution in [0.25, 0.3) is 0 Å². The second-order valence-corrected chi connectivity index (χ2v) is 3.29. The Morgan fingerprint density at radius 1 is 1.00 bits per heavy atom. The highest BCUT2D eigenvalue weighted by molar-refractivity contribution is 6.08. The average Bonchev–Trinajstić information content (AvgIpc) is 2.36. The van der Waals surface area contributed by atoms with E-state index in [9.17, 15) is 9.59 Å². The zero-order valence-electron chi connectivity index (χ0n) is 7.04. The molecule has 0 saturated carbocycles. The van der Waals surface area contributed by atoms with Crippen molar-refractivity contribution < 1.29 is 9.59 Å². The van der Waals surface area contributed by atoms with Gasteiger partial charge >= 0.3 is 0 Å². The zero-order valence-corrected chi connectivity index (χ0v) is 7.04. The first-order valence-corrected chi connectivity index (χ1v) is 4.01. The SMILES string of the molecule is C=C1C=CC(=C)C2C(=O)NC(=O)C12. The van der Waals surface area contributed by atoms with E-state index in [1.54, 1.807) is 12.2 Å². The summed E-state index contributed by atoms with van der Waals surface area (Å²) >= 11 is 0. The van der Waals surface area contributed by atoms with Crippen molar-refractivity contribution in [2.24, 2.45) is 11.8 Å². The minimum atomic E-state index is -0.426. The van der Waals surface area contributed by atoms with E-state index in [4.69, 9.17) is 0 Å². The van der Waals surface area contributed by atoms with Crippen molar-refractivity contribution in [1.29, 1.82) is 0 Å². The maximum Gasteiger partial charge on any atom is 0.235 e. The van der Waals surface area contributed by atoms with Crippen molar-refractivity contribution in [1.82, 2.24) is 5.32 Å². The largest absolute Gasteiger partial charge is 0.295 e. The van der Waals surface area contributed by atoms with Gasteiger partial charge in [-0.3, -0.25) is 14.9 Å². The third-order valence-electron chi connectivity index (χ3n) is 2.46. The van der Waals surface area contributed by atoms with Crippen LogP contribution in [0.5, 0.6) is 0 Å².